The summed E-state index contributed by atoms with van der Waals surface area (Å²) in [6.07, 6.45) is 10.8. The monoisotopic (exact) mass is 448 g/mol. The van der Waals surface area contributed by atoms with Crippen molar-refractivity contribution >= 4 is 0 Å². The van der Waals surface area contributed by atoms with E-state index < -0.39 is 0 Å². The Hall–Kier alpha value is -1.64. The van der Waals surface area contributed by atoms with Gasteiger partial charge >= 0.3 is 0 Å². The zero-order valence-electron chi connectivity index (χ0n) is 20.7. The normalized spacial score (nSPS) is 30.8. The van der Waals surface area contributed by atoms with Crippen LogP contribution in [-0.4, -0.2) is 22.4 Å². The van der Waals surface area contributed by atoms with E-state index in [9.17, 15) is 10.2 Å². The molecule has 2 aliphatic carbocycles. The van der Waals surface area contributed by atoms with Crippen molar-refractivity contribution in [3.63, 3.8) is 0 Å². The van der Waals surface area contributed by atoms with E-state index >= 15 is 0 Å². The maximum absolute atomic E-state index is 11.0. The molecule has 4 rings (SSSR count). The van der Waals surface area contributed by atoms with Gasteiger partial charge in [-0.1, -0.05) is 87.4 Å². The molecule has 33 heavy (non-hydrogen) atoms. The Labute approximate surface area is 201 Å². The molecule has 180 valence electrons. The first-order valence-electron chi connectivity index (χ1n) is 13.5. The van der Waals surface area contributed by atoms with Crippen molar-refractivity contribution in [2.75, 3.05) is 0 Å². The van der Waals surface area contributed by atoms with E-state index in [1.807, 2.05) is 0 Å². The predicted octanol–water partition coefficient (Wildman–Crippen LogP) is 7.46. The van der Waals surface area contributed by atoms with E-state index in [0.717, 1.165) is 38.5 Å². The van der Waals surface area contributed by atoms with Crippen LogP contribution in [0.3, 0.4) is 0 Å². The average molecular weight is 449 g/mol. The van der Waals surface area contributed by atoms with Gasteiger partial charge < -0.3 is 10.2 Å². The van der Waals surface area contributed by atoms with Crippen LogP contribution in [-0.2, 0) is 0 Å². The maximum atomic E-state index is 11.0. The third-order valence-corrected chi connectivity index (χ3v) is 9.14. The second kappa shape index (κ2) is 11.2. The molecule has 0 bridgehead atoms. The van der Waals surface area contributed by atoms with Gasteiger partial charge in [0.2, 0.25) is 0 Å². The quantitative estimate of drug-likeness (QED) is 0.440. The molecule has 0 heterocycles. The second-order valence-electron chi connectivity index (χ2n) is 10.9. The predicted molar refractivity (Wildman–Crippen MR) is 137 cm³/mol. The van der Waals surface area contributed by atoms with Crippen molar-refractivity contribution in [2.24, 2.45) is 17.3 Å². The minimum absolute atomic E-state index is 0.227. The summed E-state index contributed by atoms with van der Waals surface area (Å²) in [4.78, 5) is 0. The van der Waals surface area contributed by atoms with Crippen molar-refractivity contribution in [1.29, 1.82) is 0 Å². The Bertz CT molecular complexity index is 761. The van der Waals surface area contributed by atoms with Crippen LogP contribution in [0.1, 0.15) is 101 Å². The summed E-state index contributed by atoms with van der Waals surface area (Å²) in [6, 6.07) is 21.4. The molecule has 0 amide bonds. The number of aliphatic hydroxyl groups excluding tert-OH is 2. The molecule has 6 atom stereocenters. The third kappa shape index (κ3) is 5.23. The van der Waals surface area contributed by atoms with Crippen LogP contribution in [0.15, 0.2) is 60.7 Å². The van der Waals surface area contributed by atoms with Crippen molar-refractivity contribution in [1.82, 2.24) is 0 Å². The summed E-state index contributed by atoms with van der Waals surface area (Å²) in [5.41, 5.74) is 2.92. The molecule has 0 aromatic heterocycles. The van der Waals surface area contributed by atoms with E-state index in [2.05, 4.69) is 74.5 Å². The lowest BCUT2D eigenvalue weighted by molar-refractivity contribution is -0.0458. The molecular weight excluding hydrogens is 404 g/mol. The third-order valence-electron chi connectivity index (χ3n) is 9.14. The largest absolute Gasteiger partial charge is 0.392 e. The molecule has 2 heteroatoms. The van der Waals surface area contributed by atoms with Crippen LogP contribution < -0.4 is 0 Å². The smallest absolute Gasteiger partial charge is 0.0608 e. The van der Waals surface area contributed by atoms with E-state index in [4.69, 9.17) is 0 Å². The summed E-state index contributed by atoms with van der Waals surface area (Å²) in [6.45, 7) is 4.70. The van der Waals surface area contributed by atoms with Crippen molar-refractivity contribution < 1.29 is 10.2 Å². The van der Waals surface area contributed by atoms with Gasteiger partial charge in [-0.25, -0.2) is 0 Å². The van der Waals surface area contributed by atoms with Crippen LogP contribution in [0.2, 0.25) is 0 Å². The molecule has 2 aromatic rings. The molecule has 0 spiro atoms. The molecule has 2 aliphatic rings. The molecule has 2 saturated carbocycles. The highest BCUT2D eigenvalue weighted by atomic mass is 16.3. The van der Waals surface area contributed by atoms with Gasteiger partial charge in [-0.2, -0.15) is 0 Å². The Morgan fingerprint density at radius 1 is 0.636 bits per heavy atom. The molecule has 2 nitrogen and oxygen atoms in total. The summed E-state index contributed by atoms with van der Waals surface area (Å²) >= 11 is 0. The van der Waals surface area contributed by atoms with Crippen LogP contribution in [0.4, 0.5) is 0 Å². The Kier molecular flexibility index (Phi) is 8.30. The zero-order valence-corrected chi connectivity index (χ0v) is 20.7. The van der Waals surface area contributed by atoms with Gasteiger partial charge in [0.1, 0.15) is 0 Å². The molecule has 0 aliphatic heterocycles. The van der Waals surface area contributed by atoms with Crippen LogP contribution in [0.5, 0.6) is 0 Å². The molecule has 2 N–H and O–H groups in total. The average Bonchev–Trinajstić information content (AvgIpc) is 2.85. The fourth-order valence-corrected chi connectivity index (χ4v) is 7.68. The Morgan fingerprint density at radius 2 is 1.03 bits per heavy atom. The first-order valence-corrected chi connectivity index (χ1v) is 13.5. The topological polar surface area (TPSA) is 40.5 Å². The minimum Gasteiger partial charge on any atom is -0.392 e. The van der Waals surface area contributed by atoms with Gasteiger partial charge in [0, 0.05) is 11.8 Å². The Morgan fingerprint density at radius 3 is 1.39 bits per heavy atom. The maximum Gasteiger partial charge on any atom is 0.0608 e. The van der Waals surface area contributed by atoms with Gasteiger partial charge in [-0.3, -0.25) is 0 Å². The lowest BCUT2D eigenvalue weighted by atomic mass is 9.52. The van der Waals surface area contributed by atoms with Gasteiger partial charge in [-0.15, -0.1) is 0 Å². The number of benzene rings is 2. The molecule has 0 saturated heterocycles. The van der Waals surface area contributed by atoms with E-state index in [0.29, 0.717) is 17.3 Å². The molecule has 0 radical (unpaired) electrons. The van der Waals surface area contributed by atoms with Crippen molar-refractivity contribution in [2.45, 2.75) is 102 Å². The molecule has 2 aromatic carbocycles. The molecule has 6 unspecified atom stereocenters. The number of rotatable bonds is 8. The lowest BCUT2D eigenvalue weighted by Gasteiger charge is -2.53. The van der Waals surface area contributed by atoms with E-state index in [1.54, 1.807) is 0 Å². The van der Waals surface area contributed by atoms with Gasteiger partial charge in [0.25, 0.3) is 0 Å². The van der Waals surface area contributed by atoms with E-state index in [-0.39, 0.29) is 24.0 Å². The Balaban J connectivity index is 1.64. The first-order chi connectivity index (χ1) is 16.1. The van der Waals surface area contributed by atoms with Crippen LogP contribution >= 0.6 is 0 Å². The minimum atomic E-state index is -0.227. The summed E-state index contributed by atoms with van der Waals surface area (Å²) < 4.78 is 0. The van der Waals surface area contributed by atoms with Crippen LogP contribution in [0.25, 0.3) is 0 Å². The molecule has 2 fully saturated rings. The number of hydrogen-bond donors (Lipinski definition) is 2. The summed E-state index contributed by atoms with van der Waals surface area (Å²) in [7, 11) is 0. The molecular formula is C31H44O2. The van der Waals surface area contributed by atoms with Crippen molar-refractivity contribution in [3.8, 4) is 0 Å². The highest BCUT2D eigenvalue weighted by Gasteiger charge is 2.49. The van der Waals surface area contributed by atoms with Crippen molar-refractivity contribution in [3.05, 3.63) is 71.8 Å². The highest BCUT2D eigenvalue weighted by Crippen LogP contribution is 2.57. The fourth-order valence-electron chi connectivity index (χ4n) is 7.68. The van der Waals surface area contributed by atoms with Gasteiger partial charge in [-0.05, 0) is 79.7 Å². The van der Waals surface area contributed by atoms with Crippen LogP contribution in [0, 0.1) is 17.3 Å². The summed E-state index contributed by atoms with van der Waals surface area (Å²) in [5.74, 6) is 1.78. The van der Waals surface area contributed by atoms with E-state index in [1.165, 1.54) is 36.8 Å². The zero-order chi connectivity index (χ0) is 23.3. The first kappa shape index (κ1) is 24.5. The number of hydrogen-bond acceptors (Lipinski definition) is 2. The van der Waals surface area contributed by atoms with Gasteiger partial charge in [0.05, 0.1) is 12.2 Å². The van der Waals surface area contributed by atoms with Gasteiger partial charge in [0.15, 0.2) is 0 Å². The SMILES string of the molecule is CCCC(CCC)(C1CCC(O)C(c2ccccc2)C1)C1CCC(O)C(c2ccccc2)C1. The number of aliphatic hydroxyl groups is 2. The highest BCUT2D eigenvalue weighted by molar-refractivity contribution is 5.24. The lowest BCUT2D eigenvalue weighted by Crippen LogP contribution is -2.45. The standard InChI is InChI=1S/C31H44O2/c1-3-19-31(20-4-2,25-15-17-29(32)27(21-25)23-11-7-5-8-12-23)26-16-18-30(33)28(22-26)24-13-9-6-10-14-24/h5-14,25-30,32-33H,3-4,15-22H2,1-2H3. The second-order valence-corrected chi connectivity index (χ2v) is 10.9. The fraction of sp³-hybridized carbons (Fsp3) is 0.613. The summed E-state index contributed by atoms with van der Waals surface area (Å²) in [5, 5.41) is 21.9.